The summed E-state index contributed by atoms with van der Waals surface area (Å²) in [5, 5.41) is 11.4. The van der Waals surface area contributed by atoms with Crippen LogP contribution in [0.3, 0.4) is 0 Å². The predicted octanol–water partition coefficient (Wildman–Crippen LogP) is 2.00. The van der Waals surface area contributed by atoms with E-state index < -0.39 is 51.7 Å². The highest BCUT2D eigenvalue weighted by molar-refractivity contribution is 6.38. The second-order valence-electron chi connectivity index (χ2n) is 9.00. The summed E-state index contributed by atoms with van der Waals surface area (Å²) in [6.45, 7) is 0.434. The Hall–Kier alpha value is -3.92. The van der Waals surface area contributed by atoms with Gasteiger partial charge in [0.05, 0.1) is 23.9 Å². The van der Waals surface area contributed by atoms with Crippen molar-refractivity contribution in [2.45, 2.75) is 24.4 Å². The van der Waals surface area contributed by atoms with Gasteiger partial charge < -0.3 is 4.74 Å². The van der Waals surface area contributed by atoms with Crippen LogP contribution in [-0.4, -0.2) is 58.4 Å². The molecular weight excluding hydrogens is 442 g/mol. The molecule has 34 heavy (non-hydrogen) atoms. The molecule has 3 saturated heterocycles. The Morgan fingerprint density at radius 3 is 2.32 bits per heavy atom. The lowest BCUT2D eigenvalue weighted by Crippen LogP contribution is -2.59. The van der Waals surface area contributed by atoms with E-state index in [9.17, 15) is 29.3 Å². The Morgan fingerprint density at radius 1 is 1.03 bits per heavy atom. The van der Waals surface area contributed by atoms with Crippen molar-refractivity contribution in [3.8, 4) is 5.75 Å². The number of anilines is 1. The third-order valence-electron chi connectivity index (χ3n) is 7.69. The molecule has 1 spiro atoms. The van der Waals surface area contributed by atoms with Gasteiger partial charge in [0.1, 0.15) is 11.4 Å². The molecule has 2 aromatic rings. The smallest absolute Gasteiger partial charge is 0.271 e. The average molecular weight is 461 g/mol. The van der Waals surface area contributed by atoms with E-state index in [0.29, 0.717) is 19.4 Å². The first-order valence-corrected chi connectivity index (χ1v) is 11.0. The molecule has 10 heteroatoms. The molecule has 3 heterocycles. The first kappa shape index (κ1) is 20.7. The van der Waals surface area contributed by atoms with Crippen LogP contribution in [0, 0.1) is 22.0 Å². The van der Waals surface area contributed by atoms with Crippen LogP contribution in [0.4, 0.5) is 11.4 Å². The van der Waals surface area contributed by atoms with E-state index in [1.54, 1.807) is 29.2 Å². The molecule has 4 aliphatic rings. The average Bonchev–Trinajstić information content (AvgIpc) is 3.53. The maximum atomic E-state index is 13.9. The number of ketones is 2. The zero-order valence-corrected chi connectivity index (χ0v) is 18.1. The summed E-state index contributed by atoms with van der Waals surface area (Å²) in [6.07, 6.45) is 1.26. The number of ether oxygens (including phenoxy) is 1. The van der Waals surface area contributed by atoms with Gasteiger partial charge in [-0.25, -0.2) is 4.90 Å². The standard InChI is InChI=1S/C24H19N3O7/c1-34-17-9-8-12(27(32)33)11-16(17)26-22(30)18-15-7-4-10-25(15)24(19(18)23(26)31)20(28)13-5-2-3-6-14(13)21(24)29/h2-3,5-6,8-9,11,15,18-19H,4,7,10H2,1H3/t15-,18+,19+/m1/s1. The van der Waals surface area contributed by atoms with Gasteiger partial charge in [-0.05, 0) is 25.5 Å². The number of nitro benzene ring substituents is 1. The summed E-state index contributed by atoms with van der Waals surface area (Å²) in [5.41, 5.74) is -1.64. The van der Waals surface area contributed by atoms with Crippen molar-refractivity contribution < 1.29 is 28.8 Å². The minimum atomic E-state index is -1.77. The Bertz CT molecular complexity index is 1300. The van der Waals surface area contributed by atoms with Gasteiger partial charge >= 0.3 is 0 Å². The number of nitro groups is 1. The number of non-ortho nitro benzene ring substituents is 1. The van der Waals surface area contributed by atoms with E-state index >= 15 is 0 Å². The fourth-order valence-electron chi connectivity index (χ4n) is 6.44. The molecule has 0 aromatic heterocycles. The van der Waals surface area contributed by atoms with Crippen LogP contribution in [0.2, 0.25) is 0 Å². The molecule has 0 radical (unpaired) electrons. The van der Waals surface area contributed by atoms with Crippen LogP contribution in [0.5, 0.6) is 5.75 Å². The van der Waals surface area contributed by atoms with Gasteiger partial charge in [0.25, 0.3) is 5.69 Å². The number of carbonyl (C=O) groups is 4. The van der Waals surface area contributed by atoms with Crippen molar-refractivity contribution in [2.75, 3.05) is 18.6 Å². The lowest BCUT2D eigenvalue weighted by molar-refractivity contribution is -0.384. The van der Waals surface area contributed by atoms with Gasteiger partial charge in [-0.15, -0.1) is 0 Å². The molecule has 0 N–H and O–H groups in total. The molecule has 3 aliphatic heterocycles. The van der Waals surface area contributed by atoms with E-state index in [0.717, 1.165) is 11.0 Å². The second kappa shape index (κ2) is 6.80. The highest BCUT2D eigenvalue weighted by Gasteiger charge is 2.77. The first-order chi connectivity index (χ1) is 16.3. The van der Waals surface area contributed by atoms with E-state index in [-0.39, 0.29) is 28.3 Å². The Labute approximate surface area is 193 Å². The SMILES string of the molecule is COc1ccc([N+](=O)[O-])cc1N1C(=O)[C@H]2[C@H]3CCCN3C3(C(=O)c4ccccc4C3=O)[C@@H]2C1=O. The Morgan fingerprint density at radius 2 is 1.71 bits per heavy atom. The number of imide groups is 1. The fourth-order valence-corrected chi connectivity index (χ4v) is 6.44. The molecule has 0 unspecified atom stereocenters. The minimum Gasteiger partial charge on any atom is -0.495 e. The number of fused-ring (bicyclic) bond motifs is 6. The predicted molar refractivity (Wildman–Crippen MR) is 117 cm³/mol. The number of nitrogens with zero attached hydrogens (tertiary/aromatic N) is 3. The number of carbonyl (C=O) groups excluding carboxylic acids is 4. The summed E-state index contributed by atoms with van der Waals surface area (Å²) in [5.74, 6) is -4.19. The monoisotopic (exact) mass is 461 g/mol. The zero-order chi connectivity index (χ0) is 23.9. The Kier molecular flexibility index (Phi) is 4.13. The van der Waals surface area contributed by atoms with Gasteiger partial charge in [-0.1, -0.05) is 24.3 Å². The van der Waals surface area contributed by atoms with Gasteiger partial charge in [-0.3, -0.25) is 34.2 Å². The fraction of sp³-hybridized carbons (Fsp3) is 0.333. The lowest BCUT2D eigenvalue weighted by Gasteiger charge is -2.35. The summed E-state index contributed by atoms with van der Waals surface area (Å²) in [4.78, 5) is 68.7. The van der Waals surface area contributed by atoms with Crippen molar-refractivity contribution in [3.05, 3.63) is 63.7 Å². The van der Waals surface area contributed by atoms with E-state index in [4.69, 9.17) is 4.74 Å². The molecule has 6 rings (SSSR count). The van der Waals surface area contributed by atoms with Crippen LogP contribution in [0.25, 0.3) is 0 Å². The number of amides is 2. The zero-order valence-electron chi connectivity index (χ0n) is 18.1. The van der Waals surface area contributed by atoms with Crippen LogP contribution < -0.4 is 9.64 Å². The van der Waals surface area contributed by atoms with Gasteiger partial charge in [0.15, 0.2) is 17.1 Å². The minimum absolute atomic E-state index is 0.0591. The molecule has 2 aromatic carbocycles. The summed E-state index contributed by atoms with van der Waals surface area (Å²) >= 11 is 0. The quantitative estimate of drug-likeness (QED) is 0.294. The third-order valence-corrected chi connectivity index (χ3v) is 7.69. The van der Waals surface area contributed by atoms with Gasteiger partial charge in [0.2, 0.25) is 11.8 Å². The third kappa shape index (κ3) is 2.23. The summed E-state index contributed by atoms with van der Waals surface area (Å²) < 4.78 is 5.29. The second-order valence-corrected chi connectivity index (χ2v) is 9.00. The number of Topliss-reactive ketones (excluding diaryl/α,β-unsaturated/α-hetero) is 2. The summed E-state index contributed by atoms with van der Waals surface area (Å²) in [7, 11) is 1.33. The molecular formula is C24H19N3O7. The molecule has 3 fully saturated rings. The van der Waals surface area contributed by atoms with Crippen molar-refractivity contribution in [1.82, 2.24) is 4.90 Å². The van der Waals surface area contributed by atoms with Crippen LogP contribution in [0.15, 0.2) is 42.5 Å². The van der Waals surface area contributed by atoms with Crippen LogP contribution in [-0.2, 0) is 9.59 Å². The normalized spacial score (nSPS) is 26.9. The van der Waals surface area contributed by atoms with Crippen molar-refractivity contribution in [1.29, 1.82) is 0 Å². The Balaban J connectivity index is 1.54. The highest BCUT2D eigenvalue weighted by atomic mass is 16.6. The van der Waals surface area contributed by atoms with Crippen molar-refractivity contribution >= 4 is 34.8 Å². The summed E-state index contributed by atoms with van der Waals surface area (Å²) in [6, 6.07) is 9.69. The van der Waals surface area contributed by atoms with Gasteiger partial charge in [-0.2, -0.15) is 0 Å². The molecule has 3 atom stereocenters. The van der Waals surface area contributed by atoms with Crippen molar-refractivity contribution in [3.63, 3.8) is 0 Å². The maximum Gasteiger partial charge on any atom is 0.271 e. The molecule has 1 aliphatic carbocycles. The number of rotatable bonds is 3. The van der Waals surface area contributed by atoms with Crippen molar-refractivity contribution in [2.24, 2.45) is 11.8 Å². The van der Waals surface area contributed by atoms with Crippen LogP contribution in [0.1, 0.15) is 33.6 Å². The maximum absolute atomic E-state index is 13.9. The topological polar surface area (TPSA) is 127 Å². The molecule has 0 bridgehead atoms. The number of methoxy groups -OCH3 is 1. The lowest BCUT2D eigenvalue weighted by atomic mass is 9.76. The van der Waals surface area contributed by atoms with E-state index in [2.05, 4.69) is 0 Å². The van der Waals surface area contributed by atoms with E-state index in [1.165, 1.54) is 19.2 Å². The van der Waals surface area contributed by atoms with E-state index in [1.807, 2.05) is 0 Å². The molecule has 0 saturated carbocycles. The molecule has 10 nitrogen and oxygen atoms in total. The highest BCUT2D eigenvalue weighted by Crippen LogP contribution is 2.57. The number of benzene rings is 2. The number of hydrogen-bond donors (Lipinski definition) is 0. The molecule has 172 valence electrons. The van der Waals surface area contributed by atoms with Gasteiger partial charge in [0, 0.05) is 29.3 Å². The van der Waals surface area contributed by atoms with Crippen LogP contribution >= 0.6 is 0 Å². The largest absolute Gasteiger partial charge is 0.495 e. The first-order valence-electron chi connectivity index (χ1n) is 11.0. The molecule has 2 amide bonds. The number of hydrogen-bond acceptors (Lipinski definition) is 8.